The summed E-state index contributed by atoms with van der Waals surface area (Å²) in [5.41, 5.74) is 1.14. The van der Waals surface area contributed by atoms with E-state index >= 15 is 0 Å². The van der Waals surface area contributed by atoms with Crippen molar-refractivity contribution in [1.29, 1.82) is 0 Å². The van der Waals surface area contributed by atoms with Crippen LogP contribution in [-0.2, 0) is 12.8 Å². The zero-order valence-electron chi connectivity index (χ0n) is 16.5. The van der Waals surface area contributed by atoms with Crippen LogP contribution in [0.2, 0.25) is 0 Å². The Morgan fingerprint density at radius 3 is 2.71 bits per heavy atom. The first-order valence-corrected chi connectivity index (χ1v) is 10.5. The van der Waals surface area contributed by atoms with Gasteiger partial charge in [-0.25, -0.2) is 0 Å². The lowest BCUT2D eigenvalue weighted by Crippen LogP contribution is -2.18. The maximum Gasteiger partial charge on any atom is 0.174 e. The molecular formula is C22H32N4O2. The number of aryl methyl sites for hydroxylation is 1. The predicted octanol–water partition coefficient (Wildman–Crippen LogP) is 3.24. The van der Waals surface area contributed by atoms with Gasteiger partial charge in [-0.2, -0.15) is 5.21 Å². The van der Waals surface area contributed by atoms with Gasteiger partial charge in [0.15, 0.2) is 5.82 Å². The summed E-state index contributed by atoms with van der Waals surface area (Å²) in [6, 6.07) is 10.1. The molecule has 0 radical (unpaired) electrons. The molecule has 1 saturated carbocycles. The minimum atomic E-state index is -0.467. The molecule has 0 amide bonds. The van der Waals surface area contributed by atoms with Crippen LogP contribution in [0.5, 0.6) is 0 Å². The normalized spacial score (nSPS) is 23.4. The summed E-state index contributed by atoms with van der Waals surface area (Å²) < 4.78 is 0. The summed E-state index contributed by atoms with van der Waals surface area (Å²) in [5, 5.41) is 34.7. The van der Waals surface area contributed by atoms with Gasteiger partial charge in [-0.1, -0.05) is 67.0 Å². The number of tetrazole rings is 1. The predicted molar refractivity (Wildman–Crippen MR) is 108 cm³/mol. The monoisotopic (exact) mass is 384 g/mol. The van der Waals surface area contributed by atoms with Crippen LogP contribution >= 0.6 is 0 Å². The molecule has 1 heterocycles. The van der Waals surface area contributed by atoms with Crippen LogP contribution in [0, 0.1) is 11.8 Å². The Hall–Kier alpha value is -2.05. The third-order valence-corrected chi connectivity index (χ3v) is 5.79. The zero-order valence-corrected chi connectivity index (χ0v) is 16.5. The van der Waals surface area contributed by atoms with Crippen LogP contribution in [0.1, 0.15) is 56.3 Å². The van der Waals surface area contributed by atoms with Crippen molar-refractivity contribution in [3.63, 3.8) is 0 Å². The molecule has 0 bridgehead atoms. The molecule has 4 unspecified atom stereocenters. The number of aromatic nitrogens is 4. The molecule has 3 N–H and O–H groups in total. The van der Waals surface area contributed by atoms with E-state index in [1.165, 1.54) is 0 Å². The molecule has 4 atom stereocenters. The van der Waals surface area contributed by atoms with E-state index < -0.39 is 6.10 Å². The lowest BCUT2D eigenvalue weighted by atomic mass is 9.88. The van der Waals surface area contributed by atoms with Gasteiger partial charge in [-0.05, 0) is 43.1 Å². The summed E-state index contributed by atoms with van der Waals surface area (Å²) in [6.07, 6.45) is 12.3. The fourth-order valence-corrected chi connectivity index (χ4v) is 4.22. The van der Waals surface area contributed by atoms with Crippen molar-refractivity contribution >= 4 is 0 Å². The Kier molecular flexibility index (Phi) is 8.18. The van der Waals surface area contributed by atoms with Gasteiger partial charge < -0.3 is 10.2 Å². The first kappa shape index (κ1) is 20.7. The van der Waals surface area contributed by atoms with Crippen molar-refractivity contribution in [1.82, 2.24) is 20.6 Å². The third kappa shape index (κ3) is 6.53. The number of benzene rings is 1. The van der Waals surface area contributed by atoms with Crippen molar-refractivity contribution in [2.45, 2.75) is 70.0 Å². The highest BCUT2D eigenvalue weighted by molar-refractivity contribution is 5.17. The summed E-state index contributed by atoms with van der Waals surface area (Å²) in [4.78, 5) is 0. The van der Waals surface area contributed by atoms with Crippen molar-refractivity contribution in [2.75, 3.05) is 0 Å². The highest BCUT2D eigenvalue weighted by Gasteiger charge is 2.32. The molecule has 6 nitrogen and oxygen atoms in total. The molecule has 28 heavy (non-hydrogen) atoms. The maximum absolute atomic E-state index is 10.4. The lowest BCUT2D eigenvalue weighted by Gasteiger charge is -2.20. The molecule has 0 saturated heterocycles. The van der Waals surface area contributed by atoms with Crippen LogP contribution in [0.15, 0.2) is 42.5 Å². The number of allylic oxidation sites excluding steroid dienone is 1. The lowest BCUT2D eigenvalue weighted by molar-refractivity contribution is 0.116. The van der Waals surface area contributed by atoms with E-state index in [-0.39, 0.29) is 6.10 Å². The molecule has 0 spiro atoms. The fraction of sp³-hybridized carbons (Fsp3) is 0.591. The number of hydrogen-bond donors (Lipinski definition) is 3. The van der Waals surface area contributed by atoms with E-state index in [1.807, 2.05) is 36.4 Å². The van der Waals surface area contributed by atoms with E-state index in [0.717, 1.165) is 62.8 Å². The van der Waals surface area contributed by atoms with E-state index in [0.29, 0.717) is 18.3 Å². The number of unbranched alkanes of at least 4 members (excludes halogenated alkanes) is 3. The second-order valence-electron chi connectivity index (χ2n) is 7.90. The number of nitrogens with zero attached hydrogens (tertiary/aromatic N) is 3. The smallest absolute Gasteiger partial charge is 0.174 e. The largest absolute Gasteiger partial charge is 0.393 e. The molecule has 1 aromatic carbocycles. The van der Waals surface area contributed by atoms with Crippen LogP contribution in [0.3, 0.4) is 0 Å². The van der Waals surface area contributed by atoms with Gasteiger partial charge >= 0.3 is 0 Å². The van der Waals surface area contributed by atoms with Gasteiger partial charge in [0.25, 0.3) is 0 Å². The SMILES string of the molecule is OC(C=CC1CCC(O)C1CCCCCCc1nn[nH]n1)Cc1ccccc1. The number of aliphatic hydroxyl groups excluding tert-OH is 2. The van der Waals surface area contributed by atoms with Gasteiger partial charge in [-0.3, -0.25) is 0 Å². The highest BCUT2D eigenvalue weighted by Crippen LogP contribution is 2.36. The van der Waals surface area contributed by atoms with E-state index in [9.17, 15) is 10.2 Å². The van der Waals surface area contributed by atoms with Gasteiger partial charge in [0, 0.05) is 12.8 Å². The van der Waals surface area contributed by atoms with Gasteiger partial charge in [0.05, 0.1) is 12.2 Å². The Bertz CT molecular complexity index is 690. The second-order valence-corrected chi connectivity index (χ2v) is 7.90. The molecular weight excluding hydrogens is 352 g/mol. The highest BCUT2D eigenvalue weighted by atomic mass is 16.3. The van der Waals surface area contributed by atoms with Gasteiger partial charge in [0.1, 0.15) is 0 Å². The van der Waals surface area contributed by atoms with Gasteiger partial charge in [0.2, 0.25) is 0 Å². The summed E-state index contributed by atoms with van der Waals surface area (Å²) in [5.74, 6) is 1.47. The van der Waals surface area contributed by atoms with Crippen molar-refractivity contribution in [2.24, 2.45) is 11.8 Å². The van der Waals surface area contributed by atoms with Crippen LogP contribution in [-0.4, -0.2) is 43.0 Å². The number of aromatic amines is 1. The van der Waals surface area contributed by atoms with Crippen LogP contribution in [0.25, 0.3) is 0 Å². The second kappa shape index (κ2) is 11.1. The number of rotatable bonds is 11. The molecule has 2 aromatic rings. The Morgan fingerprint density at radius 1 is 1.11 bits per heavy atom. The number of nitrogens with one attached hydrogen (secondary N) is 1. The average molecular weight is 385 g/mol. The number of hydrogen-bond acceptors (Lipinski definition) is 5. The van der Waals surface area contributed by atoms with Crippen molar-refractivity contribution in [3.8, 4) is 0 Å². The average Bonchev–Trinajstić information content (AvgIpc) is 3.34. The molecule has 152 valence electrons. The molecule has 0 aliphatic heterocycles. The molecule has 1 aliphatic rings. The molecule has 1 aliphatic carbocycles. The van der Waals surface area contributed by atoms with E-state index in [2.05, 4.69) is 26.7 Å². The summed E-state index contributed by atoms with van der Waals surface area (Å²) in [6.45, 7) is 0. The molecule has 3 rings (SSSR count). The van der Waals surface area contributed by atoms with E-state index in [4.69, 9.17) is 0 Å². The van der Waals surface area contributed by atoms with E-state index in [1.54, 1.807) is 0 Å². The van der Waals surface area contributed by atoms with Crippen molar-refractivity contribution < 1.29 is 10.2 Å². The summed E-state index contributed by atoms with van der Waals surface area (Å²) in [7, 11) is 0. The molecule has 6 heteroatoms. The number of aliphatic hydroxyl groups is 2. The fourth-order valence-electron chi connectivity index (χ4n) is 4.22. The standard InChI is InChI=1S/C22H32N4O2/c27-19(16-17-8-4-3-5-9-17)14-12-18-13-15-21(28)20(18)10-6-1-2-7-11-22-23-25-26-24-22/h3-5,8-9,12,14,18-21,27-28H,1-2,6-7,10-11,13,15-16H2,(H,23,24,25,26). The molecule has 1 fully saturated rings. The summed E-state index contributed by atoms with van der Waals surface area (Å²) >= 11 is 0. The minimum Gasteiger partial charge on any atom is -0.393 e. The first-order valence-electron chi connectivity index (χ1n) is 10.5. The van der Waals surface area contributed by atoms with Gasteiger partial charge in [-0.15, -0.1) is 10.2 Å². The zero-order chi connectivity index (χ0) is 19.6. The minimum absolute atomic E-state index is 0.208. The van der Waals surface area contributed by atoms with Crippen LogP contribution in [0.4, 0.5) is 0 Å². The number of H-pyrrole nitrogens is 1. The van der Waals surface area contributed by atoms with Crippen molar-refractivity contribution in [3.05, 3.63) is 53.9 Å². The molecule has 1 aromatic heterocycles. The Balaban J connectivity index is 1.36. The Morgan fingerprint density at radius 2 is 1.93 bits per heavy atom. The quantitative estimate of drug-likeness (QED) is 0.408. The third-order valence-electron chi connectivity index (χ3n) is 5.79. The first-order chi connectivity index (χ1) is 13.7. The maximum atomic E-state index is 10.4. The topological polar surface area (TPSA) is 94.9 Å². The van der Waals surface area contributed by atoms with Crippen LogP contribution < -0.4 is 0 Å². The Labute approximate surface area is 167 Å².